The van der Waals surface area contributed by atoms with E-state index in [0.717, 1.165) is 0 Å². The molecule has 0 saturated heterocycles. The third-order valence-corrected chi connectivity index (χ3v) is 0.690. The van der Waals surface area contributed by atoms with Gasteiger partial charge in [0, 0.05) is 0 Å². The Labute approximate surface area is 58.3 Å². The van der Waals surface area contributed by atoms with Crippen molar-refractivity contribution in [1.29, 1.82) is 0 Å². The van der Waals surface area contributed by atoms with Crippen LogP contribution in [0, 0.1) is 0 Å². The van der Waals surface area contributed by atoms with Gasteiger partial charge in [0.1, 0.15) is 0 Å². The Morgan fingerprint density at radius 3 is 1.88 bits per heavy atom. The van der Waals surface area contributed by atoms with Crippen LogP contribution in [0.15, 0.2) is 9.98 Å². The van der Waals surface area contributed by atoms with Crippen LogP contribution in [-0.4, -0.2) is 16.5 Å². The lowest BCUT2D eigenvalue weighted by molar-refractivity contribution is 0.808. The summed E-state index contributed by atoms with van der Waals surface area (Å²) in [7, 11) is 0. The van der Waals surface area contributed by atoms with E-state index < -0.39 is 0 Å². The molecule has 0 amide bonds. The van der Waals surface area contributed by atoms with E-state index in [1.54, 1.807) is 6.92 Å². The van der Waals surface area contributed by atoms with Crippen molar-refractivity contribution in [2.75, 3.05) is 0 Å². The Kier molecular flexibility index (Phi) is 4.51. The molecule has 0 aromatic heterocycles. The summed E-state index contributed by atoms with van der Waals surface area (Å²) in [5.41, 5.74) is 0. The lowest BCUT2D eigenvalue weighted by Gasteiger charge is -1.86. The minimum Gasteiger partial charge on any atom is -0.205 e. The van der Waals surface area contributed by atoms with Gasteiger partial charge in [-0.1, -0.05) is 0 Å². The molecule has 4 heteroatoms. The molecule has 0 aliphatic heterocycles. The lowest BCUT2D eigenvalue weighted by Crippen LogP contribution is -1.87. The number of isothiocyanates is 2. The van der Waals surface area contributed by atoms with Crippen LogP contribution in [0.4, 0.5) is 0 Å². The summed E-state index contributed by atoms with van der Waals surface area (Å²) in [6.45, 7) is 1.75. The SMILES string of the molecule is CC(N=C=S)N=C=S. The summed E-state index contributed by atoms with van der Waals surface area (Å²) in [6.07, 6.45) is -0.218. The Balaban J connectivity index is 3.82. The highest BCUT2D eigenvalue weighted by Crippen LogP contribution is 1.85. The maximum atomic E-state index is 4.30. The summed E-state index contributed by atoms with van der Waals surface area (Å²) in [5.74, 6) is 0. The minimum atomic E-state index is -0.218. The molecule has 0 N–H and O–H groups in total. The fourth-order valence-corrected chi connectivity index (χ4v) is 0.487. The number of rotatable bonds is 2. The topological polar surface area (TPSA) is 24.7 Å². The number of nitrogens with zero attached hydrogens (tertiary/aromatic N) is 2. The molecule has 0 bridgehead atoms. The number of hydrogen-bond acceptors (Lipinski definition) is 4. The monoisotopic (exact) mass is 144 g/mol. The van der Waals surface area contributed by atoms with E-state index in [4.69, 9.17) is 0 Å². The molecule has 0 aromatic rings. The van der Waals surface area contributed by atoms with E-state index in [9.17, 15) is 0 Å². The van der Waals surface area contributed by atoms with Crippen LogP contribution in [0.1, 0.15) is 6.92 Å². The Morgan fingerprint density at radius 1 is 1.25 bits per heavy atom. The van der Waals surface area contributed by atoms with Gasteiger partial charge in [0.15, 0.2) is 6.17 Å². The first-order chi connectivity index (χ1) is 3.81. The van der Waals surface area contributed by atoms with Crippen molar-refractivity contribution in [3.8, 4) is 0 Å². The van der Waals surface area contributed by atoms with Gasteiger partial charge in [0.25, 0.3) is 0 Å². The van der Waals surface area contributed by atoms with Crippen molar-refractivity contribution in [1.82, 2.24) is 0 Å². The summed E-state index contributed by atoms with van der Waals surface area (Å²) >= 11 is 8.61. The van der Waals surface area contributed by atoms with Gasteiger partial charge < -0.3 is 0 Å². The summed E-state index contributed by atoms with van der Waals surface area (Å²) in [4.78, 5) is 7.17. The number of hydrogen-bond donors (Lipinski definition) is 0. The second-order valence-corrected chi connectivity index (χ2v) is 1.44. The smallest absolute Gasteiger partial charge is 0.157 e. The molecule has 0 saturated carbocycles. The molecule has 0 rings (SSSR count). The maximum absolute atomic E-state index is 4.30. The summed E-state index contributed by atoms with van der Waals surface area (Å²) in [6, 6.07) is 0. The Hall–Kier alpha value is -0.400. The molecule has 8 heavy (non-hydrogen) atoms. The molecular formula is C4H4N2S2. The van der Waals surface area contributed by atoms with Crippen molar-refractivity contribution < 1.29 is 0 Å². The van der Waals surface area contributed by atoms with Crippen molar-refractivity contribution in [2.24, 2.45) is 9.98 Å². The van der Waals surface area contributed by atoms with E-state index in [1.165, 1.54) is 0 Å². The third kappa shape index (κ3) is 3.78. The highest BCUT2D eigenvalue weighted by Gasteiger charge is 1.85. The zero-order chi connectivity index (χ0) is 6.41. The Bertz CT molecular complexity index is 135. The maximum Gasteiger partial charge on any atom is 0.157 e. The quantitative estimate of drug-likeness (QED) is 0.434. The molecular weight excluding hydrogens is 140 g/mol. The molecule has 0 atom stereocenters. The van der Waals surface area contributed by atoms with Gasteiger partial charge >= 0.3 is 0 Å². The number of aliphatic imine (C=N–C) groups is 2. The van der Waals surface area contributed by atoms with Gasteiger partial charge in [-0.05, 0) is 31.4 Å². The molecule has 0 spiro atoms. The second kappa shape index (κ2) is 4.75. The van der Waals surface area contributed by atoms with Gasteiger partial charge in [0.05, 0.1) is 10.3 Å². The van der Waals surface area contributed by atoms with Crippen molar-refractivity contribution >= 4 is 34.8 Å². The summed E-state index contributed by atoms with van der Waals surface area (Å²) < 4.78 is 0. The van der Waals surface area contributed by atoms with Crippen LogP contribution < -0.4 is 0 Å². The van der Waals surface area contributed by atoms with Crippen molar-refractivity contribution in [2.45, 2.75) is 13.1 Å². The molecule has 0 aromatic carbocycles. The second-order valence-electron chi connectivity index (χ2n) is 1.07. The Morgan fingerprint density at radius 2 is 1.62 bits per heavy atom. The van der Waals surface area contributed by atoms with E-state index in [-0.39, 0.29) is 6.17 Å². The van der Waals surface area contributed by atoms with Gasteiger partial charge in [-0.2, -0.15) is 0 Å². The zero-order valence-corrected chi connectivity index (χ0v) is 5.92. The zero-order valence-electron chi connectivity index (χ0n) is 4.29. The normalized spacial score (nSPS) is 10.6. The average molecular weight is 144 g/mol. The van der Waals surface area contributed by atoms with E-state index in [2.05, 4.69) is 44.7 Å². The van der Waals surface area contributed by atoms with E-state index >= 15 is 0 Å². The van der Waals surface area contributed by atoms with Crippen LogP contribution >= 0.6 is 24.4 Å². The predicted molar refractivity (Wildman–Crippen MR) is 39.5 cm³/mol. The van der Waals surface area contributed by atoms with E-state index in [0.29, 0.717) is 0 Å². The van der Waals surface area contributed by atoms with Gasteiger partial charge in [0.2, 0.25) is 0 Å². The molecule has 0 aliphatic carbocycles. The van der Waals surface area contributed by atoms with Crippen LogP contribution in [0.3, 0.4) is 0 Å². The highest BCUT2D eigenvalue weighted by molar-refractivity contribution is 7.78. The molecule has 0 aliphatic rings. The molecule has 2 nitrogen and oxygen atoms in total. The fourth-order valence-electron chi connectivity index (χ4n) is 0.181. The summed E-state index contributed by atoms with van der Waals surface area (Å²) in [5, 5.41) is 4.36. The van der Waals surface area contributed by atoms with Crippen LogP contribution in [0.5, 0.6) is 0 Å². The highest BCUT2D eigenvalue weighted by atomic mass is 32.1. The minimum absolute atomic E-state index is 0.218. The first-order valence-corrected chi connectivity index (χ1v) is 2.77. The molecule has 42 valence electrons. The third-order valence-electron chi connectivity index (χ3n) is 0.479. The number of thiocarbonyl (C=S) groups is 2. The first-order valence-electron chi connectivity index (χ1n) is 1.95. The predicted octanol–water partition coefficient (Wildman–Crippen LogP) is 1.54. The first kappa shape index (κ1) is 7.60. The molecule has 0 heterocycles. The lowest BCUT2D eigenvalue weighted by atomic mass is 10.6. The van der Waals surface area contributed by atoms with Crippen LogP contribution in [-0.2, 0) is 0 Å². The van der Waals surface area contributed by atoms with Crippen LogP contribution in [0.2, 0.25) is 0 Å². The fraction of sp³-hybridized carbons (Fsp3) is 0.500. The van der Waals surface area contributed by atoms with Crippen LogP contribution in [0.25, 0.3) is 0 Å². The van der Waals surface area contributed by atoms with Crippen molar-refractivity contribution in [3.05, 3.63) is 0 Å². The van der Waals surface area contributed by atoms with Gasteiger partial charge in [-0.3, -0.25) is 0 Å². The largest absolute Gasteiger partial charge is 0.205 e. The molecule has 0 radical (unpaired) electrons. The van der Waals surface area contributed by atoms with Gasteiger partial charge in [-0.25, -0.2) is 9.98 Å². The van der Waals surface area contributed by atoms with Gasteiger partial charge in [-0.15, -0.1) is 0 Å². The molecule has 0 fully saturated rings. The average Bonchev–Trinajstić information content (AvgIpc) is 1.68. The van der Waals surface area contributed by atoms with E-state index in [1.807, 2.05) is 0 Å². The standard InChI is InChI=1S/C4H4N2S2/c1-4(5-2-7)6-3-8/h4H,1H3. The van der Waals surface area contributed by atoms with Crippen molar-refractivity contribution in [3.63, 3.8) is 0 Å². The molecule has 0 unspecified atom stereocenters.